The Kier molecular flexibility index (Phi) is 8.09. The predicted octanol–water partition coefficient (Wildman–Crippen LogP) is 5.37. The number of hydrogen-bond donors (Lipinski definition) is 2. The highest BCUT2D eigenvalue weighted by Crippen LogP contribution is 2.34. The summed E-state index contributed by atoms with van der Waals surface area (Å²) in [6, 6.07) is 15.6. The number of benzene rings is 2. The Hall–Kier alpha value is -3.35. The maximum atomic E-state index is 13.6. The van der Waals surface area contributed by atoms with Gasteiger partial charge in [-0.15, -0.1) is 0 Å². The number of rotatable bonds is 10. The van der Waals surface area contributed by atoms with Gasteiger partial charge >= 0.3 is 14.0 Å². The van der Waals surface area contributed by atoms with Crippen molar-refractivity contribution < 1.29 is 28.5 Å². The minimum Gasteiger partial charge on any atom is -0.481 e. The van der Waals surface area contributed by atoms with Crippen molar-refractivity contribution in [3.05, 3.63) is 77.9 Å². The molecule has 1 aromatic heterocycles. The van der Waals surface area contributed by atoms with Crippen LogP contribution in [0.15, 0.2) is 60.9 Å². The standard InChI is InChI=1S/C24H24FN2O5P/c1-16(2)23-21(12-13-32-33(31)15-20(28)14-22(29)30)24(17-8-10-18(25)11-9-17)27(26-23)19-6-4-3-5-7-19/h3-13,16,20,28H,14-15H2,1-2H3/p+1/b13-12+. The third kappa shape index (κ3) is 6.34. The molecule has 172 valence electrons. The van der Waals surface area contributed by atoms with Crippen molar-refractivity contribution in [2.75, 3.05) is 6.16 Å². The number of carbonyl (C=O) groups is 1. The number of hydrogen-bond acceptors (Lipinski definition) is 5. The number of halogens is 1. The van der Waals surface area contributed by atoms with Crippen LogP contribution < -0.4 is 0 Å². The Morgan fingerprint density at radius 1 is 1.18 bits per heavy atom. The lowest BCUT2D eigenvalue weighted by atomic mass is 10.00. The summed E-state index contributed by atoms with van der Waals surface area (Å²) in [4.78, 5) is 10.7. The zero-order valence-corrected chi connectivity index (χ0v) is 19.2. The summed E-state index contributed by atoms with van der Waals surface area (Å²) in [6.45, 7) is 3.99. The summed E-state index contributed by atoms with van der Waals surface area (Å²) in [5, 5.41) is 23.2. The molecule has 9 heteroatoms. The molecule has 2 N–H and O–H groups in total. The number of carboxylic acid groups (broad SMARTS) is 1. The third-order valence-electron chi connectivity index (χ3n) is 4.80. The van der Waals surface area contributed by atoms with Gasteiger partial charge in [-0.05, 0) is 53.0 Å². The SMILES string of the molecule is CC(C)c1nn(-c2ccccc2)c(-c2ccc(F)cc2)c1/C=C/O[P+](=O)CC(O)CC(=O)O. The van der Waals surface area contributed by atoms with Gasteiger partial charge in [0.15, 0.2) is 6.26 Å². The molecular weight excluding hydrogens is 446 g/mol. The Morgan fingerprint density at radius 2 is 1.85 bits per heavy atom. The first kappa shape index (κ1) is 24.3. The molecule has 2 unspecified atom stereocenters. The van der Waals surface area contributed by atoms with E-state index in [1.807, 2.05) is 44.2 Å². The molecule has 1 heterocycles. The van der Waals surface area contributed by atoms with E-state index in [0.29, 0.717) is 5.69 Å². The van der Waals surface area contributed by atoms with Gasteiger partial charge in [0, 0.05) is 11.1 Å². The lowest BCUT2D eigenvalue weighted by Crippen LogP contribution is -2.15. The highest BCUT2D eigenvalue weighted by molar-refractivity contribution is 7.39. The van der Waals surface area contributed by atoms with E-state index in [2.05, 4.69) is 0 Å². The molecule has 0 aliphatic rings. The minimum absolute atomic E-state index is 0.0416. The van der Waals surface area contributed by atoms with Gasteiger partial charge in [-0.2, -0.15) is 5.10 Å². The summed E-state index contributed by atoms with van der Waals surface area (Å²) in [7, 11) is -2.30. The number of para-hydroxylation sites is 1. The van der Waals surface area contributed by atoms with Crippen LogP contribution >= 0.6 is 8.03 Å². The van der Waals surface area contributed by atoms with E-state index in [1.54, 1.807) is 22.9 Å². The van der Waals surface area contributed by atoms with E-state index in [-0.39, 0.29) is 17.9 Å². The lowest BCUT2D eigenvalue weighted by molar-refractivity contribution is -0.138. The molecule has 0 radical (unpaired) electrons. The van der Waals surface area contributed by atoms with Crippen molar-refractivity contribution in [1.29, 1.82) is 0 Å². The fraction of sp³-hybridized carbons (Fsp3) is 0.250. The van der Waals surface area contributed by atoms with Crippen molar-refractivity contribution in [2.45, 2.75) is 32.3 Å². The Balaban J connectivity index is 1.99. The summed E-state index contributed by atoms with van der Waals surface area (Å²) < 4.78 is 32.7. The van der Waals surface area contributed by atoms with E-state index < -0.39 is 26.5 Å². The molecule has 2 aromatic carbocycles. The molecule has 0 aliphatic heterocycles. The quantitative estimate of drug-likeness (QED) is 0.305. The molecule has 0 aliphatic carbocycles. The summed E-state index contributed by atoms with van der Waals surface area (Å²) >= 11 is 0. The van der Waals surface area contributed by atoms with Gasteiger partial charge in [0.25, 0.3) is 0 Å². The van der Waals surface area contributed by atoms with Crippen molar-refractivity contribution in [1.82, 2.24) is 9.78 Å². The molecule has 0 fully saturated rings. The second-order valence-electron chi connectivity index (χ2n) is 7.73. The molecule has 0 spiro atoms. The average Bonchev–Trinajstić information content (AvgIpc) is 3.14. The topological polar surface area (TPSA) is 102 Å². The molecule has 0 saturated carbocycles. The Morgan fingerprint density at radius 3 is 2.45 bits per heavy atom. The van der Waals surface area contributed by atoms with Crippen LogP contribution in [0.3, 0.4) is 0 Å². The molecule has 3 aromatic rings. The van der Waals surface area contributed by atoms with E-state index in [1.165, 1.54) is 18.4 Å². The lowest BCUT2D eigenvalue weighted by Gasteiger charge is -2.09. The van der Waals surface area contributed by atoms with Crippen LogP contribution in [0.25, 0.3) is 23.0 Å². The number of aliphatic carboxylic acids is 1. The highest BCUT2D eigenvalue weighted by Gasteiger charge is 2.26. The fourth-order valence-electron chi connectivity index (χ4n) is 3.33. The van der Waals surface area contributed by atoms with Gasteiger partial charge in [-0.3, -0.25) is 9.32 Å². The molecule has 3 rings (SSSR count). The van der Waals surface area contributed by atoms with Crippen molar-refractivity contribution in [3.8, 4) is 16.9 Å². The summed E-state index contributed by atoms with van der Waals surface area (Å²) in [5.41, 5.74) is 3.75. The van der Waals surface area contributed by atoms with Crippen LogP contribution in [0.2, 0.25) is 0 Å². The molecule has 2 atom stereocenters. The predicted molar refractivity (Wildman–Crippen MR) is 124 cm³/mol. The van der Waals surface area contributed by atoms with Crippen LogP contribution in [0.1, 0.15) is 37.4 Å². The number of nitrogens with zero attached hydrogens (tertiary/aromatic N) is 2. The molecule has 0 saturated heterocycles. The van der Waals surface area contributed by atoms with Crippen molar-refractivity contribution in [3.63, 3.8) is 0 Å². The summed E-state index contributed by atoms with van der Waals surface area (Å²) in [5.74, 6) is -1.49. The first-order valence-electron chi connectivity index (χ1n) is 10.4. The smallest absolute Gasteiger partial charge is 0.481 e. The minimum atomic E-state index is -2.30. The zero-order valence-electron chi connectivity index (χ0n) is 18.3. The van der Waals surface area contributed by atoms with Crippen LogP contribution in [-0.2, 0) is 13.9 Å². The number of aliphatic hydroxyl groups excluding tert-OH is 1. The largest absolute Gasteiger partial charge is 0.558 e. The van der Waals surface area contributed by atoms with E-state index in [0.717, 1.165) is 22.5 Å². The Bertz CT molecular complexity index is 1140. The van der Waals surface area contributed by atoms with E-state index in [4.69, 9.17) is 14.7 Å². The maximum Gasteiger partial charge on any atom is 0.558 e. The van der Waals surface area contributed by atoms with Crippen molar-refractivity contribution >= 4 is 20.1 Å². The highest BCUT2D eigenvalue weighted by atomic mass is 31.1. The second kappa shape index (κ2) is 11.0. The van der Waals surface area contributed by atoms with Gasteiger partial charge in [-0.1, -0.05) is 32.0 Å². The van der Waals surface area contributed by atoms with Crippen LogP contribution in [0, 0.1) is 5.82 Å². The van der Waals surface area contributed by atoms with Crippen molar-refractivity contribution in [2.24, 2.45) is 0 Å². The van der Waals surface area contributed by atoms with E-state index >= 15 is 0 Å². The van der Waals surface area contributed by atoms with Crippen LogP contribution in [0.5, 0.6) is 0 Å². The van der Waals surface area contributed by atoms with Gasteiger partial charge in [0.2, 0.25) is 6.16 Å². The van der Waals surface area contributed by atoms with Crippen LogP contribution in [-0.4, -0.2) is 38.2 Å². The first-order valence-corrected chi connectivity index (χ1v) is 11.7. The van der Waals surface area contributed by atoms with Gasteiger partial charge in [-0.25, -0.2) is 9.07 Å². The molecule has 0 amide bonds. The van der Waals surface area contributed by atoms with Gasteiger partial charge < -0.3 is 10.2 Å². The normalized spacial score (nSPS) is 12.8. The van der Waals surface area contributed by atoms with Gasteiger partial charge in [0.05, 0.1) is 23.5 Å². The third-order valence-corrected chi connectivity index (χ3v) is 5.88. The fourth-order valence-corrected chi connectivity index (χ4v) is 4.08. The van der Waals surface area contributed by atoms with E-state index in [9.17, 15) is 18.9 Å². The zero-order chi connectivity index (χ0) is 24.0. The summed E-state index contributed by atoms with van der Waals surface area (Å²) in [6.07, 6.45) is 0.831. The second-order valence-corrected chi connectivity index (χ2v) is 8.97. The molecular formula is C24H25FN2O5P+. The number of carboxylic acids is 1. The average molecular weight is 471 g/mol. The molecule has 0 bridgehead atoms. The van der Waals surface area contributed by atoms with Gasteiger partial charge in [0.1, 0.15) is 11.9 Å². The maximum absolute atomic E-state index is 13.6. The van der Waals surface area contributed by atoms with Crippen LogP contribution in [0.4, 0.5) is 4.39 Å². The molecule has 33 heavy (non-hydrogen) atoms. The monoisotopic (exact) mass is 471 g/mol. The number of aromatic nitrogens is 2. The molecule has 7 nitrogen and oxygen atoms in total. The number of aliphatic hydroxyl groups is 1. The first-order chi connectivity index (χ1) is 15.8. The Labute approximate surface area is 192 Å².